The van der Waals surface area contributed by atoms with Crippen molar-refractivity contribution in [3.8, 4) is 0 Å². The van der Waals surface area contributed by atoms with Crippen LogP contribution in [-0.4, -0.2) is 52.6 Å². The van der Waals surface area contributed by atoms with Gasteiger partial charge in [0.2, 0.25) is 11.6 Å². The minimum Gasteiger partial charge on any atom is -0.457 e. The molecule has 4 aliphatic rings. The van der Waals surface area contributed by atoms with Crippen molar-refractivity contribution in [2.24, 2.45) is 28.6 Å². The number of ketones is 2. The number of alkyl halides is 1. The van der Waals surface area contributed by atoms with Crippen molar-refractivity contribution in [1.29, 1.82) is 0 Å². The highest BCUT2D eigenvalue weighted by atomic mass is 19.1. The predicted molar refractivity (Wildman–Crippen MR) is 133 cm³/mol. The average molecular weight is 537 g/mol. The summed E-state index contributed by atoms with van der Waals surface area (Å²) in [4.78, 5) is 50.7. The number of ether oxygens (including phenoxy) is 2. The van der Waals surface area contributed by atoms with Crippen molar-refractivity contribution < 1.29 is 42.5 Å². The Labute approximate surface area is 222 Å². The number of carbonyl (C=O) groups is 4. The van der Waals surface area contributed by atoms with Gasteiger partial charge in [-0.2, -0.15) is 0 Å². The Bertz CT molecular complexity index is 1110. The van der Waals surface area contributed by atoms with Crippen molar-refractivity contribution in [2.45, 2.75) is 96.9 Å². The maximum Gasteiger partial charge on any atom is 0.306 e. The maximum atomic E-state index is 17.4. The van der Waals surface area contributed by atoms with Crippen LogP contribution in [0.3, 0.4) is 0 Å². The standard InChI is InChI=1S/C29H38F2O7/c1-6-8-24(36)37-15-22(34)29(38-23(35)7-2)16(3)13-19-17-9-10-18-25(30)20(32)11-12-26(18,4)28(17,31)21(33)14-27(19,29)5/h11-12,16-17,19,21,33H,6-10,13-15H2,1-5H3/t16?,17-,19-,21?,26-,27-,28-,29-/m0/s1. The van der Waals surface area contributed by atoms with E-state index in [1.807, 2.05) is 0 Å². The number of esters is 2. The number of rotatable bonds is 7. The summed E-state index contributed by atoms with van der Waals surface area (Å²) in [6.07, 6.45) is 1.83. The fourth-order valence-electron chi connectivity index (χ4n) is 8.26. The highest BCUT2D eigenvalue weighted by Gasteiger charge is 2.77. The highest BCUT2D eigenvalue weighted by molar-refractivity contribution is 6.04. The number of allylic oxidation sites excluding steroid dienone is 4. The second kappa shape index (κ2) is 9.65. The Balaban J connectivity index is 1.79. The lowest BCUT2D eigenvalue weighted by Gasteiger charge is -2.62. The zero-order chi connectivity index (χ0) is 28.3. The number of fused-ring (bicyclic) bond motifs is 5. The van der Waals surface area contributed by atoms with E-state index in [1.54, 1.807) is 27.7 Å². The molecule has 0 aromatic heterocycles. The lowest BCUT2D eigenvalue weighted by molar-refractivity contribution is -0.228. The molecule has 4 rings (SSSR count). The molecule has 0 saturated heterocycles. The van der Waals surface area contributed by atoms with Crippen LogP contribution in [0.25, 0.3) is 0 Å². The van der Waals surface area contributed by atoms with E-state index in [1.165, 1.54) is 13.0 Å². The van der Waals surface area contributed by atoms with Crippen LogP contribution in [0.15, 0.2) is 23.6 Å². The van der Waals surface area contributed by atoms with E-state index in [0.717, 1.165) is 6.08 Å². The van der Waals surface area contributed by atoms with Crippen molar-refractivity contribution in [3.63, 3.8) is 0 Å². The third kappa shape index (κ3) is 3.67. The largest absolute Gasteiger partial charge is 0.457 e. The molecule has 3 saturated carbocycles. The van der Waals surface area contributed by atoms with Gasteiger partial charge in [-0.25, -0.2) is 8.78 Å². The smallest absolute Gasteiger partial charge is 0.306 e. The van der Waals surface area contributed by atoms with Crippen LogP contribution in [0.2, 0.25) is 0 Å². The quantitative estimate of drug-likeness (QED) is 0.477. The summed E-state index contributed by atoms with van der Waals surface area (Å²) in [5.74, 6) is -5.37. The van der Waals surface area contributed by atoms with Crippen molar-refractivity contribution in [3.05, 3.63) is 23.6 Å². The van der Waals surface area contributed by atoms with E-state index < -0.39 is 81.9 Å². The summed E-state index contributed by atoms with van der Waals surface area (Å²) >= 11 is 0. The van der Waals surface area contributed by atoms with E-state index in [9.17, 15) is 28.7 Å². The minimum absolute atomic E-state index is 0.00146. The van der Waals surface area contributed by atoms with Gasteiger partial charge in [0.05, 0.1) is 6.10 Å². The highest BCUT2D eigenvalue weighted by Crippen LogP contribution is 2.71. The van der Waals surface area contributed by atoms with E-state index >= 15 is 4.39 Å². The summed E-state index contributed by atoms with van der Waals surface area (Å²) in [5.41, 5.74) is -6.70. The molecule has 9 heteroatoms. The molecule has 0 amide bonds. The topological polar surface area (TPSA) is 107 Å². The third-order valence-electron chi connectivity index (χ3n) is 10.1. The summed E-state index contributed by atoms with van der Waals surface area (Å²) in [6, 6.07) is 0. The zero-order valence-corrected chi connectivity index (χ0v) is 22.8. The molecule has 4 aliphatic carbocycles. The van der Waals surface area contributed by atoms with E-state index in [4.69, 9.17) is 9.47 Å². The zero-order valence-electron chi connectivity index (χ0n) is 22.8. The SMILES string of the molecule is CCCC(=O)OCC(=O)[C@@]1(OC(=O)CC)C(C)C[C@H]2[C@@H]3CCC4=C(F)C(=O)C=C[C@]4(C)[C@@]3(F)C(O)C[C@@]21C. The molecular formula is C29H38F2O7. The Hall–Kier alpha value is -2.42. The fraction of sp³-hybridized carbons (Fsp3) is 0.724. The van der Waals surface area contributed by atoms with Crippen LogP contribution in [0.4, 0.5) is 8.78 Å². The summed E-state index contributed by atoms with van der Waals surface area (Å²) in [5, 5.41) is 11.5. The van der Waals surface area contributed by atoms with Gasteiger partial charge in [0.1, 0.15) is 0 Å². The molecule has 38 heavy (non-hydrogen) atoms. The Morgan fingerprint density at radius 2 is 1.84 bits per heavy atom. The van der Waals surface area contributed by atoms with Crippen LogP contribution in [0.5, 0.6) is 0 Å². The maximum absolute atomic E-state index is 17.4. The first kappa shape index (κ1) is 28.6. The monoisotopic (exact) mass is 536 g/mol. The van der Waals surface area contributed by atoms with Gasteiger partial charge in [-0.1, -0.05) is 33.8 Å². The second-order valence-electron chi connectivity index (χ2n) is 11.9. The van der Waals surface area contributed by atoms with Crippen LogP contribution >= 0.6 is 0 Å². The lowest BCUT2D eigenvalue weighted by atomic mass is 9.44. The van der Waals surface area contributed by atoms with Gasteiger partial charge in [-0.3, -0.25) is 19.2 Å². The molecule has 0 bridgehead atoms. The van der Waals surface area contributed by atoms with Crippen molar-refractivity contribution >= 4 is 23.5 Å². The molecule has 7 nitrogen and oxygen atoms in total. The van der Waals surface area contributed by atoms with Crippen LogP contribution in [-0.2, 0) is 28.7 Å². The van der Waals surface area contributed by atoms with Gasteiger partial charge >= 0.3 is 11.9 Å². The van der Waals surface area contributed by atoms with E-state index in [-0.39, 0.29) is 37.7 Å². The molecule has 1 N–H and O–H groups in total. The van der Waals surface area contributed by atoms with Gasteiger partial charge < -0.3 is 14.6 Å². The number of hydrogen-bond acceptors (Lipinski definition) is 7. The lowest BCUT2D eigenvalue weighted by Crippen LogP contribution is -2.70. The number of carbonyl (C=O) groups excluding carboxylic acids is 4. The molecular weight excluding hydrogens is 498 g/mol. The Morgan fingerprint density at radius 3 is 2.47 bits per heavy atom. The number of aliphatic hydroxyl groups is 1. The fourth-order valence-corrected chi connectivity index (χ4v) is 8.26. The molecule has 3 fully saturated rings. The van der Waals surface area contributed by atoms with Gasteiger partial charge in [0, 0.05) is 35.5 Å². The number of hydrogen-bond donors (Lipinski definition) is 1. The summed E-state index contributed by atoms with van der Waals surface area (Å²) < 4.78 is 43.5. The van der Waals surface area contributed by atoms with Crippen molar-refractivity contribution in [1.82, 2.24) is 0 Å². The molecule has 0 aromatic rings. The van der Waals surface area contributed by atoms with Crippen molar-refractivity contribution in [2.75, 3.05) is 6.61 Å². The number of aliphatic hydroxyl groups excluding tert-OH is 1. The van der Waals surface area contributed by atoms with E-state index in [2.05, 4.69) is 0 Å². The Kier molecular flexibility index (Phi) is 7.26. The summed E-state index contributed by atoms with van der Waals surface area (Å²) in [6.45, 7) is 7.84. The number of Topliss-reactive ketones (excluding diaryl/α,β-unsaturated/α-hetero) is 1. The molecule has 0 spiro atoms. The summed E-state index contributed by atoms with van der Waals surface area (Å²) in [7, 11) is 0. The molecule has 2 unspecified atom stereocenters. The Morgan fingerprint density at radius 1 is 1.16 bits per heavy atom. The molecule has 0 heterocycles. The number of halogens is 2. The van der Waals surface area contributed by atoms with Crippen LogP contribution in [0.1, 0.15) is 79.6 Å². The second-order valence-corrected chi connectivity index (χ2v) is 11.9. The van der Waals surface area contributed by atoms with Gasteiger partial charge in [0.15, 0.2) is 23.7 Å². The van der Waals surface area contributed by atoms with Crippen LogP contribution in [0, 0.1) is 28.6 Å². The predicted octanol–water partition coefficient (Wildman–Crippen LogP) is 4.50. The molecule has 0 radical (unpaired) electrons. The molecule has 0 aliphatic heterocycles. The normalized spacial score (nSPS) is 41.7. The first-order chi connectivity index (χ1) is 17.7. The van der Waals surface area contributed by atoms with Crippen LogP contribution < -0.4 is 0 Å². The first-order valence-electron chi connectivity index (χ1n) is 13.6. The van der Waals surface area contributed by atoms with E-state index in [0.29, 0.717) is 12.8 Å². The minimum atomic E-state index is -2.31. The average Bonchev–Trinajstić information content (AvgIpc) is 3.08. The molecule has 210 valence electrons. The molecule has 0 aromatic carbocycles. The van der Waals surface area contributed by atoms with Gasteiger partial charge in [0.25, 0.3) is 0 Å². The third-order valence-corrected chi connectivity index (χ3v) is 10.1. The van der Waals surface area contributed by atoms with Gasteiger partial charge in [-0.05, 0) is 56.6 Å². The van der Waals surface area contributed by atoms with Gasteiger partial charge in [-0.15, -0.1) is 0 Å². The first-order valence-corrected chi connectivity index (χ1v) is 13.6. The molecule has 8 atom stereocenters.